The number of benzene rings is 1. The quantitative estimate of drug-likeness (QED) is 0.768. The molecule has 3 heteroatoms. The number of methoxy groups -OCH3 is 1. The molecule has 2 unspecified atom stereocenters. The maximum atomic E-state index is 9.60. The lowest BCUT2D eigenvalue weighted by atomic mass is 10.0. The summed E-state index contributed by atoms with van der Waals surface area (Å²) in [7, 11) is 1.60. The fourth-order valence-electron chi connectivity index (χ4n) is 1.36. The average Bonchev–Trinajstić information content (AvgIpc) is 2.16. The largest absolute Gasteiger partial charge is 0.496 e. The van der Waals surface area contributed by atoms with Crippen molar-refractivity contribution in [3.8, 4) is 5.75 Å². The summed E-state index contributed by atoms with van der Waals surface area (Å²) in [5.41, 5.74) is 1.66. The zero-order chi connectivity index (χ0) is 10.7. The summed E-state index contributed by atoms with van der Waals surface area (Å²) in [4.78, 5) is 0. The Morgan fingerprint density at radius 1 is 1.29 bits per heavy atom. The van der Waals surface area contributed by atoms with Gasteiger partial charge in [0.15, 0.2) is 0 Å². The first-order valence-corrected chi connectivity index (χ1v) is 4.57. The molecule has 0 aliphatic rings. The van der Waals surface area contributed by atoms with E-state index < -0.39 is 12.2 Å². The maximum Gasteiger partial charge on any atom is 0.121 e. The smallest absolute Gasteiger partial charge is 0.121 e. The highest BCUT2D eigenvalue weighted by molar-refractivity contribution is 5.37. The third-order valence-electron chi connectivity index (χ3n) is 2.22. The van der Waals surface area contributed by atoms with E-state index in [1.165, 1.54) is 0 Å². The number of aliphatic hydroxyl groups is 2. The molecule has 0 spiro atoms. The van der Waals surface area contributed by atoms with Crippen LogP contribution in [0.2, 0.25) is 0 Å². The third kappa shape index (κ3) is 2.25. The topological polar surface area (TPSA) is 49.7 Å². The molecule has 1 aromatic carbocycles. The molecule has 0 amide bonds. The first-order chi connectivity index (χ1) is 6.56. The minimum atomic E-state index is -0.834. The van der Waals surface area contributed by atoms with Crippen molar-refractivity contribution in [3.05, 3.63) is 29.3 Å². The Morgan fingerprint density at radius 3 is 2.36 bits per heavy atom. The minimum Gasteiger partial charge on any atom is -0.496 e. The van der Waals surface area contributed by atoms with E-state index in [2.05, 4.69) is 0 Å². The second-order valence-corrected chi connectivity index (χ2v) is 3.41. The molecule has 0 aromatic heterocycles. The molecule has 0 aliphatic carbocycles. The summed E-state index contributed by atoms with van der Waals surface area (Å²) < 4.78 is 5.10. The molecule has 0 saturated heterocycles. The Hall–Kier alpha value is -1.06. The average molecular weight is 196 g/mol. The highest BCUT2D eigenvalue weighted by Crippen LogP contribution is 2.23. The number of rotatable bonds is 3. The lowest BCUT2D eigenvalue weighted by Gasteiger charge is -2.15. The molecular weight excluding hydrogens is 180 g/mol. The Labute approximate surface area is 84.0 Å². The van der Waals surface area contributed by atoms with E-state index in [1.807, 2.05) is 13.0 Å². The van der Waals surface area contributed by atoms with Crippen molar-refractivity contribution in [1.82, 2.24) is 0 Å². The van der Waals surface area contributed by atoms with Crippen LogP contribution in [0.4, 0.5) is 0 Å². The first-order valence-electron chi connectivity index (χ1n) is 4.57. The maximum absolute atomic E-state index is 9.60. The van der Waals surface area contributed by atoms with Gasteiger partial charge in [0.05, 0.1) is 13.2 Å². The van der Waals surface area contributed by atoms with Crippen LogP contribution in [0.25, 0.3) is 0 Å². The van der Waals surface area contributed by atoms with Gasteiger partial charge in [-0.2, -0.15) is 0 Å². The van der Waals surface area contributed by atoms with Crippen LogP contribution >= 0.6 is 0 Å². The van der Waals surface area contributed by atoms with Crippen LogP contribution in [-0.2, 0) is 0 Å². The van der Waals surface area contributed by atoms with Crippen LogP contribution in [0.15, 0.2) is 18.2 Å². The van der Waals surface area contributed by atoms with Crippen molar-refractivity contribution < 1.29 is 14.9 Å². The third-order valence-corrected chi connectivity index (χ3v) is 2.22. The van der Waals surface area contributed by atoms with E-state index in [9.17, 15) is 10.2 Å². The molecule has 2 N–H and O–H groups in total. The summed E-state index contributed by atoms with van der Waals surface area (Å²) in [5.74, 6) is 0.784. The van der Waals surface area contributed by atoms with Crippen molar-refractivity contribution in [2.24, 2.45) is 0 Å². The van der Waals surface area contributed by atoms with Gasteiger partial charge >= 0.3 is 0 Å². The van der Waals surface area contributed by atoms with Gasteiger partial charge in [-0.1, -0.05) is 6.07 Å². The van der Waals surface area contributed by atoms with Crippen molar-refractivity contribution >= 4 is 0 Å². The minimum absolute atomic E-state index is 0.707. The zero-order valence-corrected chi connectivity index (χ0v) is 8.69. The van der Waals surface area contributed by atoms with E-state index in [0.29, 0.717) is 5.56 Å². The van der Waals surface area contributed by atoms with Gasteiger partial charge in [-0.25, -0.2) is 0 Å². The number of hydrogen-bond acceptors (Lipinski definition) is 3. The van der Waals surface area contributed by atoms with E-state index in [4.69, 9.17) is 4.74 Å². The predicted octanol–water partition coefficient (Wildman–Crippen LogP) is 1.42. The van der Waals surface area contributed by atoms with Gasteiger partial charge in [0.1, 0.15) is 11.9 Å². The van der Waals surface area contributed by atoms with Gasteiger partial charge in [0.2, 0.25) is 0 Å². The molecular formula is C11H16O3. The van der Waals surface area contributed by atoms with E-state index in [-0.39, 0.29) is 0 Å². The molecule has 14 heavy (non-hydrogen) atoms. The highest BCUT2D eigenvalue weighted by Gasteiger charge is 2.14. The fraction of sp³-hybridized carbons (Fsp3) is 0.455. The van der Waals surface area contributed by atoms with Gasteiger partial charge in [0.25, 0.3) is 0 Å². The Kier molecular flexibility index (Phi) is 3.49. The second-order valence-electron chi connectivity index (χ2n) is 3.41. The van der Waals surface area contributed by atoms with Crippen LogP contribution in [0.1, 0.15) is 24.2 Å². The fourth-order valence-corrected chi connectivity index (χ4v) is 1.36. The normalized spacial score (nSPS) is 14.9. The molecule has 2 atom stereocenters. The molecule has 3 nitrogen and oxygen atoms in total. The lowest BCUT2D eigenvalue weighted by molar-refractivity contribution is 0.0305. The first kappa shape index (κ1) is 11.0. The predicted molar refractivity (Wildman–Crippen MR) is 54.4 cm³/mol. The van der Waals surface area contributed by atoms with E-state index in [1.54, 1.807) is 26.2 Å². The van der Waals surface area contributed by atoms with Gasteiger partial charge in [0, 0.05) is 0 Å². The summed E-state index contributed by atoms with van der Waals surface area (Å²) >= 11 is 0. The van der Waals surface area contributed by atoms with Crippen molar-refractivity contribution in [2.45, 2.75) is 26.1 Å². The van der Waals surface area contributed by atoms with Crippen molar-refractivity contribution in [3.63, 3.8) is 0 Å². The number of ether oxygens (including phenoxy) is 1. The van der Waals surface area contributed by atoms with Crippen molar-refractivity contribution in [1.29, 1.82) is 0 Å². The highest BCUT2D eigenvalue weighted by atomic mass is 16.5. The number of aliphatic hydroxyl groups excluding tert-OH is 2. The summed E-state index contributed by atoms with van der Waals surface area (Å²) in [6.07, 6.45) is -1.59. The van der Waals surface area contributed by atoms with Crippen molar-refractivity contribution in [2.75, 3.05) is 7.11 Å². The van der Waals surface area contributed by atoms with Gasteiger partial charge in [-0.15, -0.1) is 0 Å². The SMILES string of the molecule is COc1ccc(C(O)C(C)O)cc1C. The molecule has 0 aliphatic heterocycles. The molecule has 0 heterocycles. The Morgan fingerprint density at radius 2 is 1.93 bits per heavy atom. The van der Waals surface area contributed by atoms with Crippen LogP contribution < -0.4 is 4.74 Å². The number of aryl methyl sites for hydroxylation is 1. The van der Waals surface area contributed by atoms with Crippen LogP contribution in [-0.4, -0.2) is 23.4 Å². The summed E-state index contributed by atoms with van der Waals surface area (Å²) in [6, 6.07) is 5.36. The van der Waals surface area contributed by atoms with Gasteiger partial charge in [-0.05, 0) is 37.1 Å². The molecule has 0 bridgehead atoms. The zero-order valence-electron chi connectivity index (χ0n) is 8.69. The molecule has 0 fully saturated rings. The van der Waals surface area contributed by atoms with Gasteiger partial charge in [-0.3, -0.25) is 0 Å². The molecule has 0 saturated carbocycles. The molecule has 78 valence electrons. The second kappa shape index (κ2) is 4.44. The molecule has 0 radical (unpaired) electrons. The standard InChI is InChI=1S/C11H16O3/c1-7-6-9(11(13)8(2)12)4-5-10(7)14-3/h4-6,8,11-13H,1-3H3. The Bertz CT molecular complexity index is 307. The van der Waals surface area contributed by atoms with Crippen LogP contribution in [0, 0.1) is 6.92 Å². The van der Waals surface area contributed by atoms with E-state index >= 15 is 0 Å². The monoisotopic (exact) mass is 196 g/mol. The van der Waals surface area contributed by atoms with Crippen LogP contribution in [0.3, 0.4) is 0 Å². The van der Waals surface area contributed by atoms with Gasteiger partial charge < -0.3 is 14.9 Å². The molecule has 1 aromatic rings. The Balaban J connectivity index is 2.96. The van der Waals surface area contributed by atoms with E-state index in [0.717, 1.165) is 11.3 Å². The van der Waals surface area contributed by atoms with Crippen LogP contribution in [0.5, 0.6) is 5.75 Å². The molecule has 1 rings (SSSR count). The number of hydrogen-bond donors (Lipinski definition) is 2. The summed E-state index contributed by atoms with van der Waals surface area (Å²) in [5, 5.41) is 18.8. The summed E-state index contributed by atoms with van der Waals surface area (Å²) in [6.45, 7) is 3.46. The lowest BCUT2D eigenvalue weighted by Crippen LogP contribution is -2.13.